The van der Waals surface area contributed by atoms with Crippen LogP contribution >= 0.6 is 0 Å². The smallest absolute Gasteiger partial charge is 0.0650 e. The first-order valence-corrected chi connectivity index (χ1v) is 10.3. The van der Waals surface area contributed by atoms with Gasteiger partial charge in [-0.2, -0.15) is 0 Å². The van der Waals surface area contributed by atoms with Crippen molar-refractivity contribution in [3.8, 4) is 0 Å². The second-order valence-corrected chi connectivity index (χ2v) is 8.07. The van der Waals surface area contributed by atoms with Crippen molar-refractivity contribution in [3.63, 3.8) is 0 Å². The summed E-state index contributed by atoms with van der Waals surface area (Å²) in [6.45, 7) is 4.86. The summed E-state index contributed by atoms with van der Waals surface area (Å²) in [5, 5.41) is 12.9. The fraction of sp³-hybridized carbons (Fsp3) is 0.231. The molecule has 2 aromatic carbocycles. The van der Waals surface area contributed by atoms with Gasteiger partial charge in [0.15, 0.2) is 0 Å². The molecule has 0 bridgehead atoms. The van der Waals surface area contributed by atoms with Gasteiger partial charge in [-0.05, 0) is 48.8 Å². The number of allylic oxidation sites excluding steroid dienone is 2. The molecule has 2 aromatic rings. The molecule has 30 heavy (non-hydrogen) atoms. The first-order chi connectivity index (χ1) is 14.6. The first kappa shape index (κ1) is 20.0. The topological polar surface area (TPSA) is 51.5 Å². The molecule has 4 rings (SSSR count). The highest BCUT2D eigenvalue weighted by Crippen LogP contribution is 2.39. The fourth-order valence-electron chi connectivity index (χ4n) is 4.28. The van der Waals surface area contributed by atoms with Gasteiger partial charge in [-0.15, -0.1) is 0 Å². The van der Waals surface area contributed by atoms with E-state index in [1.54, 1.807) is 0 Å². The standard InChI is InChI=1S/C26H28N4/c1-4-19-9-7-10-22-23(19)25(27)24(20-13-11-18(12-14-20)17-30(2)3)26(29-22)21-8-5-6-15-28-16-21/h4,6-16,24,26-27,29H,1,5,17H2,2-3H3. The van der Waals surface area contributed by atoms with E-state index in [-0.39, 0.29) is 12.0 Å². The van der Waals surface area contributed by atoms with E-state index in [9.17, 15) is 5.41 Å². The number of benzene rings is 2. The Morgan fingerprint density at radius 3 is 2.73 bits per heavy atom. The molecule has 0 fully saturated rings. The zero-order chi connectivity index (χ0) is 21.1. The molecular formula is C26H28N4. The van der Waals surface area contributed by atoms with Gasteiger partial charge in [0.1, 0.15) is 0 Å². The molecule has 0 saturated carbocycles. The van der Waals surface area contributed by atoms with Gasteiger partial charge < -0.3 is 15.6 Å². The molecule has 152 valence electrons. The summed E-state index contributed by atoms with van der Waals surface area (Å²) in [5.41, 5.74) is 7.05. The monoisotopic (exact) mass is 396 g/mol. The van der Waals surface area contributed by atoms with Crippen LogP contribution in [0.2, 0.25) is 0 Å². The van der Waals surface area contributed by atoms with Crippen LogP contribution in [-0.4, -0.2) is 37.0 Å². The predicted octanol–water partition coefficient (Wildman–Crippen LogP) is 5.25. The van der Waals surface area contributed by atoms with E-state index in [1.807, 2.05) is 42.8 Å². The van der Waals surface area contributed by atoms with E-state index in [4.69, 9.17) is 0 Å². The Bertz CT molecular complexity index is 1040. The molecule has 4 nitrogen and oxygen atoms in total. The minimum absolute atomic E-state index is 0.0478. The Morgan fingerprint density at radius 1 is 1.20 bits per heavy atom. The average molecular weight is 397 g/mol. The van der Waals surface area contributed by atoms with Gasteiger partial charge >= 0.3 is 0 Å². The van der Waals surface area contributed by atoms with Crippen LogP contribution < -0.4 is 5.32 Å². The van der Waals surface area contributed by atoms with Crippen molar-refractivity contribution in [3.05, 3.63) is 95.2 Å². The van der Waals surface area contributed by atoms with Crippen molar-refractivity contribution in [2.45, 2.75) is 24.9 Å². The molecule has 0 aliphatic carbocycles. The van der Waals surface area contributed by atoms with Crippen molar-refractivity contribution in [1.29, 1.82) is 5.41 Å². The molecule has 0 saturated heterocycles. The van der Waals surface area contributed by atoms with Crippen LogP contribution in [0, 0.1) is 5.41 Å². The lowest BCUT2D eigenvalue weighted by Crippen LogP contribution is -2.40. The lowest BCUT2D eigenvalue weighted by Gasteiger charge is -2.37. The quantitative estimate of drug-likeness (QED) is 0.725. The first-order valence-electron chi connectivity index (χ1n) is 10.3. The maximum Gasteiger partial charge on any atom is 0.0650 e. The second kappa shape index (κ2) is 8.64. The highest BCUT2D eigenvalue weighted by molar-refractivity contribution is 6.13. The van der Waals surface area contributed by atoms with Crippen molar-refractivity contribution >= 4 is 23.7 Å². The van der Waals surface area contributed by atoms with E-state index in [1.165, 1.54) is 5.56 Å². The van der Waals surface area contributed by atoms with Crippen LogP contribution in [0.1, 0.15) is 34.6 Å². The summed E-state index contributed by atoms with van der Waals surface area (Å²) in [6, 6.07) is 14.7. The maximum absolute atomic E-state index is 9.20. The molecule has 2 aliphatic rings. The Labute approximate surface area is 178 Å². The number of nitrogens with one attached hydrogen (secondary N) is 2. The fourth-order valence-corrected chi connectivity index (χ4v) is 4.28. The molecule has 2 heterocycles. The molecule has 0 aromatic heterocycles. The van der Waals surface area contributed by atoms with Gasteiger partial charge in [0.05, 0.1) is 17.7 Å². The SMILES string of the molecule is C=Cc1cccc2c1C(=N)C(c1ccc(CN(C)C)cc1)C(C1=CCC=CN=C1)N2. The van der Waals surface area contributed by atoms with E-state index in [0.717, 1.165) is 40.9 Å². The highest BCUT2D eigenvalue weighted by atomic mass is 15.0. The van der Waals surface area contributed by atoms with Crippen molar-refractivity contribution in [1.82, 2.24) is 4.90 Å². The summed E-state index contributed by atoms with van der Waals surface area (Å²) in [7, 11) is 4.15. The normalized spacial score (nSPS) is 20.4. The van der Waals surface area contributed by atoms with Crippen LogP contribution in [0.4, 0.5) is 5.69 Å². The zero-order valence-electron chi connectivity index (χ0n) is 17.6. The number of aliphatic imine (C=N–C) groups is 1. The number of hydrogen-bond donors (Lipinski definition) is 2. The molecular weight excluding hydrogens is 368 g/mol. The molecule has 0 radical (unpaired) electrons. The Morgan fingerprint density at radius 2 is 2.00 bits per heavy atom. The van der Waals surface area contributed by atoms with Crippen LogP contribution in [0.3, 0.4) is 0 Å². The Balaban J connectivity index is 1.80. The number of hydrogen-bond acceptors (Lipinski definition) is 4. The third kappa shape index (κ3) is 3.91. The van der Waals surface area contributed by atoms with Gasteiger partial charge in [0.2, 0.25) is 0 Å². The van der Waals surface area contributed by atoms with Crippen LogP contribution in [-0.2, 0) is 6.54 Å². The Kier molecular flexibility index (Phi) is 5.77. The number of rotatable bonds is 5. The lowest BCUT2D eigenvalue weighted by atomic mass is 9.76. The summed E-state index contributed by atoms with van der Waals surface area (Å²) in [5.74, 6) is -0.109. The number of fused-ring (bicyclic) bond motifs is 1. The molecule has 2 N–H and O–H groups in total. The molecule has 0 amide bonds. The minimum atomic E-state index is -0.109. The third-order valence-corrected chi connectivity index (χ3v) is 5.64. The zero-order valence-corrected chi connectivity index (χ0v) is 17.6. The summed E-state index contributed by atoms with van der Waals surface area (Å²) in [4.78, 5) is 6.57. The number of anilines is 1. The summed E-state index contributed by atoms with van der Waals surface area (Å²) >= 11 is 0. The van der Waals surface area contributed by atoms with Crippen LogP contribution in [0.5, 0.6) is 0 Å². The van der Waals surface area contributed by atoms with Gasteiger partial charge in [0, 0.05) is 30.2 Å². The van der Waals surface area contributed by atoms with Gasteiger partial charge in [-0.1, -0.05) is 61.2 Å². The minimum Gasteiger partial charge on any atom is -0.377 e. The van der Waals surface area contributed by atoms with Crippen LogP contribution in [0.25, 0.3) is 6.08 Å². The maximum atomic E-state index is 9.20. The van der Waals surface area contributed by atoms with Crippen molar-refractivity contribution in [2.24, 2.45) is 4.99 Å². The largest absolute Gasteiger partial charge is 0.377 e. The molecule has 2 unspecified atom stereocenters. The van der Waals surface area contributed by atoms with E-state index < -0.39 is 0 Å². The predicted molar refractivity (Wildman–Crippen MR) is 128 cm³/mol. The summed E-state index contributed by atoms with van der Waals surface area (Å²) in [6.07, 6.45) is 10.7. The average Bonchev–Trinajstić information content (AvgIpc) is 3.03. The van der Waals surface area contributed by atoms with Crippen molar-refractivity contribution < 1.29 is 0 Å². The molecule has 4 heteroatoms. The molecule has 2 atom stereocenters. The van der Waals surface area contributed by atoms with E-state index >= 15 is 0 Å². The van der Waals surface area contributed by atoms with Gasteiger partial charge in [-0.25, -0.2) is 0 Å². The summed E-state index contributed by atoms with van der Waals surface area (Å²) < 4.78 is 0. The Hall–Kier alpha value is -3.24. The number of nitrogens with zero attached hydrogens (tertiary/aromatic N) is 2. The second-order valence-electron chi connectivity index (χ2n) is 8.07. The van der Waals surface area contributed by atoms with E-state index in [0.29, 0.717) is 5.71 Å². The molecule has 0 spiro atoms. The molecule has 2 aliphatic heterocycles. The highest BCUT2D eigenvalue weighted by Gasteiger charge is 2.36. The lowest BCUT2D eigenvalue weighted by molar-refractivity contribution is 0.402. The van der Waals surface area contributed by atoms with Crippen LogP contribution in [0.15, 0.2) is 78.0 Å². The van der Waals surface area contributed by atoms with Crippen molar-refractivity contribution in [2.75, 3.05) is 19.4 Å². The third-order valence-electron chi connectivity index (χ3n) is 5.64. The van der Waals surface area contributed by atoms with E-state index in [2.05, 4.69) is 66.2 Å². The van der Waals surface area contributed by atoms with Gasteiger partial charge in [-0.3, -0.25) is 4.99 Å². The van der Waals surface area contributed by atoms with Gasteiger partial charge in [0.25, 0.3) is 0 Å².